The quantitative estimate of drug-likeness (QED) is 0.547. The molecule has 1 aliphatic rings. The van der Waals surface area contributed by atoms with E-state index >= 15 is 0 Å². The van der Waals surface area contributed by atoms with Crippen LogP contribution in [0.3, 0.4) is 0 Å². The lowest BCUT2D eigenvalue weighted by Gasteiger charge is -2.26. The summed E-state index contributed by atoms with van der Waals surface area (Å²) < 4.78 is 44.2. The second-order valence-corrected chi connectivity index (χ2v) is 8.64. The molecule has 0 unspecified atom stereocenters. The molecule has 0 atom stereocenters. The highest BCUT2D eigenvalue weighted by molar-refractivity contribution is 7.92. The summed E-state index contributed by atoms with van der Waals surface area (Å²) in [7, 11) is -2.90. The largest absolute Gasteiger partial charge is 0.486 e. The summed E-state index contributed by atoms with van der Waals surface area (Å²) in [6.45, 7) is 0.258. The predicted molar refractivity (Wildman–Crippen MR) is 116 cm³/mol. The molecule has 0 radical (unpaired) electrons. The first-order chi connectivity index (χ1) is 15.0. The predicted octanol–water partition coefficient (Wildman–Crippen LogP) is 3.49. The molecule has 0 saturated carbocycles. The minimum absolute atomic E-state index is 0.0106. The lowest BCUT2D eigenvalue weighted by atomic mass is 10.0. The number of carbonyl (C=O) groups is 1. The van der Waals surface area contributed by atoms with Crippen LogP contribution in [0.1, 0.15) is 0 Å². The van der Waals surface area contributed by atoms with E-state index < -0.39 is 22.5 Å². The average Bonchev–Trinajstić information content (AvgIpc) is 2.82. The number of sulfonamides is 1. The third-order valence-corrected chi connectivity index (χ3v) is 6.62. The molecule has 0 fully saturated rings. The number of methoxy groups -OCH3 is 1. The van der Waals surface area contributed by atoms with Gasteiger partial charge >= 0.3 is 5.97 Å². The third-order valence-electron chi connectivity index (χ3n) is 4.86. The molecule has 0 N–H and O–H groups in total. The highest BCUT2D eigenvalue weighted by Crippen LogP contribution is 2.37. The fourth-order valence-corrected chi connectivity index (χ4v) is 4.79. The molecule has 0 saturated heterocycles. The van der Waals surface area contributed by atoms with E-state index in [2.05, 4.69) is 0 Å². The molecule has 160 valence electrons. The number of fused-ring (bicyclic) bond motifs is 1. The zero-order valence-electron chi connectivity index (χ0n) is 16.9. The molecular weight excluding hydrogens is 418 g/mol. The Morgan fingerprint density at radius 2 is 1.61 bits per heavy atom. The Bertz CT molecular complexity index is 1190. The summed E-state index contributed by atoms with van der Waals surface area (Å²) in [4.78, 5) is 12.2. The summed E-state index contributed by atoms with van der Waals surface area (Å²) in [6, 6.07) is 20.8. The van der Waals surface area contributed by atoms with Crippen LogP contribution in [-0.4, -0.2) is 41.3 Å². The monoisotopic (exact) mass is 439 g/mol. The second-order valence-electron chi connectivity index (χ2n) is 6.78. The van der Waals surface area contributed by atoms with Crippen molar-refractivity contribution in [3.05, 3.63) is 72.8 Å². The van der Waals surface area contributed by atoms with Crippen LogP contribution < -0.4 is 13.8 Å². The second kappa shape index (κ2) is 8.69. The summed E-state index contributed by atoms with van der Waals surface area (Å²) in [5, 5.41) is 0. The van der Waals surface area contributed by atoms with Gasteiger partial charge in [-0.05, 0) is 23.8 Å². The topological polar surface area (TPSA) is 82.1 Å². The van der Waals surface area contributed by atoms with Crippen molar-refractivity contribution in [3.8, 4) is 22.6 Å². The summed E-state index contributed by atoms with van der Waals surface area (Å²) in [6.07, 6.45) is 0. The SMILES string of the molecule is COC(=O)CN(c1ccccc1-c1ccccc1)S(=O)(=O)c1ccc2c(c1)OCCO2. The molecule has 31 heavy (non-hydrogen) atoms. The molecule has 3 aromatic carbocycles. The molecule has 0 amide bonds. The van der Waals surface area contributed by atoms with Crippen LogP contribution in [0.5, 0.6) is 11.5 Å². The van der Waals surface area contributed by atoms with E-state index in [1.165, 1.54) is 19.2 Å². The summed E-state index contributed by atoms with van der Waals surface area (Å²) in [5.41, 5.74) is 1.87. The molecule has 0 bridgehead atoms. The number of nitrogens with zero attached hydrogens (tertiary/aromatic N) is 1. The number of benzene rings is 3. The molecule has 1 aliphatic heterocycles. The zero-order chi connectivity index (χ0) is 21.8. The van der Waals surface area contributed by atoms with Gasteiger partial charge in [0.25, 0.3) is 10.0 Å². The van der Waals surface area contributed by atoms with E-state index in [0.29, 0.717) is 36.0 Å². The van der Waals surface area contributed by atoms with Crippen molar-refractivity contribution in [2.75, 3.05) is 31.2 Å². The molecule has 7 nitrogen and oxygen atoms in total. The smallest absolute Gasteiger partial charge is 0.326 e. The fraction of sp³-hybridized carbons (Fsp3) is 0.174. The third kappa shape index (κ3) is 4.20. The summed E-state index contributed by atoms with van der Waals surface area (Å²) in [5.74, 6) is 0.153. The van der Waals surface area contributed by atoms with Gasteiger partial charge in [0.15, 0.2) is 11.5 Å². The number of ether oxygens (including phenoxy) is 3. The lowest BCUT2D eigenvalue weighted by molar-refractivity contribution is -0.138. The van der Waals surface area contributed by atoms with Crippen molar-refractivity contribution in [1.82, 2.24) is 0 Å². The van der Waals surface area contributed by atoms with Gasteiger partial charge in [0, 0.05) is 11.6 Å². The Morgan fingerprint density at radius 1 is 0.935 bits per heavy atom. The molecule has 4 rings (SSSR count). The van der Waals surface area contributed by atoms with Crippen LogP contribution in [0.4, 0.5) is 5.69 Å². The highest BCUT2D eigenvalue weighted by Gasteiger charge is 2.30. The van der Waals surface area contributed by atoms with Gasteiger partial charge < -0.3 is 14.2 Å². The molecular formula is C23H21NO6S. The van der Waals surface area contributed by atoms with E-state index in [-0.39, 0.29) is 4.90 Å². The van der Waals surface area contributed by atoms with Crippen LogP contribution in [0, 0.1) is 0 Å². The molecule has 0 spiro atoms. The van der Waals surface area contributed by atoms with Crippen molar-refractivity contribution in [1.29, 1.82) is 0 Å². The van der Waals surface area contributed by atoms with Crippen molar-refractivity contribution >= 4 is 21.7 Å². The van der Waals surface area contributed by atoms with Crippen LogP contribution >= 0.6 is 0 Å². The Labute approximate surface area is 180 Å². The number of carbonyl (C=O) groups excluding carboxylic acids is 1. The molecule has 3 aromatic rings. The van der Waals surface area contributed by atoms with E-state index in [9.17, 15) is 13.2 Å². The van der Waals surface area contributed by atoms with Gasteiger partial charge in [-0.3, -0.25) is 9.10 Å². The fourth-order valence-electron chi connectivity index (χ4n) is 3.35. The minimum atomic E-state index is -4.13. The lowest BCUT2D eigenvalue weighted by Crippen LogP contribution is -2.36. The first-order valence-electron chi connectivity index (χ1n) is 9.64. The molecule has 0 aromatic heterocycles. The van der Waals surface area contributed by atoms with Crippen LogP contribution in [-0.2, 0) is 19.6 Å². The van der Waals surface area contributed by atoms with E-state index in [1.807, 2.05) is 42.5 Å². The highest BCUT2D eigenvalue weighted by atomic mass is 32.2. The molecule has 1 heterocycles. The van der Waals surface area contributed by atoms with Gasteiger partial charge in [-0.2, -0.15) is 0 Å². The number of para-hydroxylation sites is 1. The van der Waals surface area contributed by atoms with E-state index in [1.54, 1.807) is 18.2 Å². The van der Waals surface area contributed by atoms with E-state index in [0.717, 1.165) is 9.87 Å². The normalized spacial score (nSPS) is 12.8. The van der Waals surface area contributed by atoms with Gasteiger partial charge in [0.1, 0.15) is 19.8 Å². The Hall–Kier alpha value is -3.52. The van der Waals surface area contributed by atoms with Crippen LogP contribution in [0.2, 0.25) is 0 Å². The van der Waals surface area contributed by atoms with E-state index in [4.69, 9.17) is 14.2 Å². The molecule has 8 heteroatoms. The van der Waals surface area contributed by atoms with Gasteiger partial charge in [0.05, 0.1) is 17.7 Å². The van der Waals surface area contributed by atoms with Crippen molar-refractivity contribution < 1.29 is 27.4 Å². The zero-order valence-corrected chi connectivity index (χ0v) is 17.7. The van der Waals surface area contributed by atoms with Crippen LogP contribution in [0.25, 0.3) is 11.1 Å². The Morgan fingerprint density at radius 3 is 2.35 bits per heavy atom. The summed E-state index contributed by atoms with van der Waals surface area (Å²) >= 11 is 0. The first-order valence-corrected chi connectivity index (χ1v) is 11.1. The van der Waals surface area contributed by atoms with Gasteiger partial charge in [-0.25, -0.2) is 8.42 Å². The first kappa shape index (κ1) is 20.7. The van der Waals surface area contributed by atoms with Crippen molar-refractivity contribution in [2.45, 2.75) is 4.90 Å². The molecule has 0 aliphatic carbocycles. The maximum atomic E-state index is 13.7. The van der Waals surface area contributed by atoms with Crippen LogP contribution in [0.15, 0.2) is 77.7 Å². The minimum Gasteiger partial charge on any atom is -0.486 e. The van der Waals surface area contributed by atoms with Gasteiger partial charge in [0.2, 0.25) is 0 Å². The van der Waals surface area contributed by atoms with Crippen molar-refractivity contribution in [3.63, 3.8) is 0 Å². The van der Waals surface area contributed by atoms with Crippen molar-refractivity contribution in [2.24, 2.45) is 0 Å². The number of hydrogen-bond donors (Lipinski definition) is 0. The maximum Gasteiger partial charge on any atom is 0.326 e. The average molecular weight is 439 g/mol. The standard InChI is InChI=1S/C23H21NO6S/c1-28-23(25)16-24(20-10-6-5-9-19(20)17-7-3-2-4-8-17)31(26,27)18-11-12-21-22(15-18)30-14-13-29-21/h2-12,15H,13-14,16H2,1H3. The number of rotatable bonds is 6. The Kier molecular flexibility index (Phi) is 5.81. The number of esters is 1. The van der Waals surface area contributed by atoms with Gasteiger partial charge in [-0.1, -0.05) is 48.5 Å². The van der Waals surface area contributed by atoms with Gasteiger partial charge in [-0.15, -0.1) is 0 Å². The Balaban J connectivity index is 1.84. The maximum absolute atomic E-state index is 13.7. The number of hydrogen-bond acceptors (Lipinski definition) is 6. The number of anilines is 1.